The number of hydrogen-bond donors (Lipinski definition) is 1. The number of rotatable bonds is 4. The molecule has 0 unspecified atom stereocenters. The van der Waals surface area contributed by atoms with Gasteiger partial charge in [-0.15, -0.1) is 11.3 Å². The Hall–Kier alpha value is -1.20. The van der Waals surface area contributed by atoms with Gasteiger partial charge in [0.25, 0.3) is 5.89 Å². The van der Waals surface area contributed by atoms with Crippen molar-refractivity contribution in [2.75, 3.05) is 0 Å². The van der Waals surface area contributed by atoms with Crippen molar-refractivity contribution in [3.8, 4) is 10.8 Å². The van der Waals surface area contributed by atoms with Crippen LogP contribution in [0.25, 0.3) is 10.8 Å². The SMILES string of the molecule is c1csc(-c2nc(CNC3CC3)no2)c1. The lowest BCUT2D eigenvalue weighted by atomic mass is 10.5. The smallest absolute Gasteiger partial charge is 0.268 e. The summed E-state index contributed by atoms with van der Waals surface area (Å²) >= 11 is 1.61. The molecule has 4 nitrogen and oxygen atoms in total. The molecule has 0 bridgehead atoms. The van der Waals surface area contributed by atoms with Gasteiger partial charge >= 0.3 is 0 Å². The van der Waals surface area contributed by atoms with Gasteiger partial charge in [0, 0.05) is 6.04 Å². The zero-order valence-corrected chi connectivity index (χ0v) is 8.96. The van der Waals surface area contributed by atoms with Crippen molar-refractivity contribution in [2.45, 2.75) is 25.4 Å². The number of aromatic nitrogens is 2. The summed E-state index contributed by atoms with van der Waals surface area (Å²) in [5, 5.41) is 9.28. The quantitative estimate of drug-likeness (QED) is 0.858. The van der Waals surface area contributed by atoms with Crippen LogP contribution in [0.4, 0.5) is 0 Å². The first-order chi connectivity index (χ1) is 7.42. The third-order valence-electron chi connectivity index (χ3n) is 2.33. The molecule has 2 aromatic rings. The Labute approximate surface area is 91.3 Å². The molecule has 1 aliphatic carbocycles. The Morgan fingerprint density at radius 2 is 2.47 bits per heavy atom. The van der Waals surface area contributed by atoms with Crippen LogP contribution < -0.4 is 5.32 Å². The molecule has 0 atom stereocenters. The highest BCUT2D eigenvalue weighted by atomic mass is 32.1. The lowest BCUT2D eigenvalue weighted by molar-refractivity contribution is 0.420. The molecule has 1 fully saturated rings. The van der Waals surface area contributed by atoms with Gasteiger partial charge in [0.2, 0.25) is 0 Å². The van der Waals surface area contributed by atoms with E-state index in [9.17, 15) is 0 Å². The van der Waals surface area contributed by atoms with Gasteiger partial charge in [-0.25, -0.2) is 0 Å². The number of nitrogens with zero attached hydrogens (tertiary/aromatic N) is 2. The Kier molecular flexibility index (Phi) is 2.26. The highest BCUT2D eigenvalue weighted by molar-refractivity contribution is 7.13. The van der Waals surface area contributed by atoms with Crippen molar-refractivity contribution in [3.63, 3.8) is 0 Å². The van der Waals surface area contributed by atoms with Gasteiger partial charge in [0.1, 0.15) is 0 Å². The van der Waals surface area contributed by atoms with E-state index in [1.54, 1.807) is 11.3 Å². The second kappa shape index (κ2) is 3.75. The fraction of sp³-hybridized carbons (Fsp3) is 0.400. The minimum Gasteiger partial charge on any atom is -0.333 e. The minimum atomic E-state index is 0.623. The zero-order valence-electron chi connectivity index (χ0n) is 8.14. The van der Waals surface area contributed by atoms with Crippen molar-refractivity contribution in [1.29, 1.82) is 0 Å². The fourth-order valence-electron chi connectivity index (χ4n) is 1.35. The first-order valence-electron chi connectivity index (χ1n) is 5.01. The summed E-state index contributed by atoms with van der Waals surface area (Å²) in [5.74, 6) is 1.36. The molecule has 5 heteroatoms. The minimum absolute atomic E-state index is 0.623. The maximum Gasteiger partial charge on any atom is 0.268 e. The molecule has 0 amide bonds. The summed E-state index contributed by atoms with van der Waals surface area (Å²) in [5.41, 5.74) is 0. The van der Waals surface area contributed by atoms with E-state index >= 15 is 0 Å². The number of nitrogens with one attached hydrogen (secondary N) is 1. The predicted molar refractivity (Wildman–Crippen MR) is 57.5 cm³/mol. The van der Waals surface area contributed by atoms with Crippen LogP contribution in [-0.2, 0) is 6.54 Å². The van der Waals surface area contributed by atoms with E-state index in [0.29, 0.717) is 18.5 Å². The second-order valence-electron chi connectivity index (χ2n) is 3.65. The third kappa shape index (κ3) is 2.08. The molecular weight excluding hydrogens is 210 g/mol. The molecule has 2 heterocycles. The van der Waals surface area contributed by atoms with Crippen LogP contribution in [0.5, 0.6) is 0 Å². The van der Waals surface area contributed by atoms with Gasteiger partial charge in [0.05, 0.1) is 11.4 Å². The number of hydrogen-bond acceptors (Lipinski definition) is 5. The highest BCUT2D eigenvalue weighted by Crippen LogP contribution is 2.23. The molecule has 0 aromatic carbocycles. The number of thiophene rings is 1. The zero-order chi connectivity index (χ0) is 10.1. The van der Waals surface area contributed by atoms with E-state index in [2.05, 4.69) is 15.5 Å². The molecule has 3 rings (SSSR count). The van der Waals surface area contributed by atoms with Crippen LogP contribution in [0, 0.1) is 0 Å². The third-order valence-corrected chi connectivity index (χ3v) is 3.18. The average Bonchev–Trinajstić information content (AvgIpc) is 2.78. The van der Waals surface area contributed by atoms with Gasteiger partial charge in [0.15, 0.2) is 5.82 Å². The molecular formula is C10H11N3OS. The lowest BCUT2D eigenvalue weighted by Gasteiger charge is -1.94. The molecule has 1 N–H and O–H groups in total. The summed E-state index contributed by atoms with van der Waals surface area (Å²) < 4.78 is 5.17. The van der Waals surface area contributed by atoms with Crippen LogP contribution in [0.15, 0.2) is 22.0 Å². The Balaban J connectivity index is 1.69. The highest BCUT2D eigenvalue weighted by Gasteiger charge is 2.21. The fourth-order valence-corrected chi connectivity index (χ4v) is 1.99. The van der Waals surface area contributed by atoms with Gasteiger partial charge < -0.3 is 9.84 Å². The molecule has 0 spiro atoms. The van der Waals surface area contributed by atoms with E-state index in [1.807, 2.05) is 17.5 Å². The van der Waals surface area contributed by atoms with Gasteiger partial charge in [-0.3, -0.25) is 0 Å². The largest absolute Gasteiger partial charge is 0.333 e. The van der Waals surface area contributed by atoms with Crippen LogP contribution in [0.1, 0.15) is 18.7 Å². The van der Waals surface area contributed by atoms with Crippen LogP contribution >= 0.6 is 11.3 Å². The lowest BCUT2D eigenvalue weighted by Crippen LogP contribution is -2.16. The molecule has 15 heavy (non-hydrogen) atoms. The molecule has 78 valence electrons. The molecule has 0 saturated heterocycles. The molecule has 1 aliphatic rings. The van der Waals surface area contributed by atoms with E-state index in [0.717, 1.165) is 10.7 Å². The average molecular weight is 221 g/mol. The Morgan fingerprint density at radius 1 is 1.53 bits per heavy atom. The van der Waals surface area contributed by atoms with Gasteiger partial charge in [-0.2, -0.15) is 4.98 Å². The summed E-state index contributed by atoms with van der Waals surface area (Å²) in [6.07, 6.45) is 2.55. The monoisotopic (exact) mass is 221 g/mol. The van der Waals surface area contributed by atoms with Crippen LogP contribution in [0.2, 0.25) is 0 Å². The predicted octanol–water partition coefficient (Wildman–Crippen LogP) is 2.05. The van der Waals surface area contributed by atoms with Crippen molar-refractivity contribution < 1.29 is 4.52 Å². The summed E-state index contributed by atoms with van der Waals surface area (Å²) in [6, 6.07) is 4.64. The Morgan fingerprint density at radius 3 is 3.20 bits per heavy atom. The van der Waals surface area contributed by atoms with E-state index in [4.69, 9.17) is 4.52 Å². The molecule has 1 saturated carbocycles. The first kappa shape index (κ1) is 9.06. The van der Waals surface area contributed by atoms with E-state index < -0.39 is 0 Å². The molecule has 0 radical (unpaired) electrons. The normalized spacial score (nSPS) is 15.7. The summed E-state index contributed by atoms with van der Waals surface area (Å²) in [4.78, 5) is 5.35. The van der Waals surface area contributed by atoms with Crippen molar-refractivity contribution in [1.82, 2.24) is 15.5 Å². The maximum atomic E-state index is 5.17. The van der Waals surface area contributed by atoms with Crippen molar-refractivity contribution in [3.05, 3.63) is 23.3 Å². The maximum absolute atomic E-state index is 5.17. The van der Waals surface area contributed by atoms with E-state index in [-0.39, 0.29) is 0 Å². The first-order valence-corrected chi connectivity index (χ1v) is 5.89. The van der Waals surface area contributed by atoms with Crippen molar-refractivity contribution >= 4 is 11.3 Å². The van der Waals surface area contributed by atoms with E-state index in [1.165, 1.54) is 12.8 Å². The van der Waals surface area contributed by atoms with Crippen LogP contribution in [-0.4, -0.2) is 16.2 Å². The van der Waals surface area contributed by atoms with Gasteiger partial charge in [-0.05, 0) is 24.3 Å². The molecule has 0 aliphatic heterocycles. The van der Waals surface area contributed by atoms with Crippen LogP contribution in [0.3, 0.4) is 0 Å². The summed E-state index contributed by atoms with van der Waals surface area (Å²) in [6.45, 7) is 0.708. The van der Waals surface area contributed by atoms with Crippen molar-refractivity contribution in [2.24, 2.45) is 0 Å². The molecule has 2 aromatic heterocycles. The Bertz CT molecular complexity index is 433. The van der Waals surface area contributed by atoms with Gasteiger partial charge in [-0.1, -0.05) is 11.2 Å². The second-order valence-corrected chi connectivity index (χ2v) is 4.60. The topological polar surface area (TPSA) is 51.0 Å². The standard InChI is InChI=1S/C10H11N3OS/c1-2-8(15-5-1)10-12-9(13-14-10)6-11-7-3-4-7/h1-2,5,7,11H,3-4,6H2. The summed E-state index contributed by atoms with van der Waals surface area (Å²) in [7, 11) is 0.